The first-order valence-electron chi connectivity index (χ1n) is 5.24. The number of para-hydroxylation sites is 1. The Morgan fingerprint density at radius 3 is 2.56 bits per heavy atom. The van der Waals surface area contributed by atoms with Crippen molar-refractivity contribution in [2.24, 2.45) is 5.73 Å². The first-order valence-corrected chi connectivity index (χ1v) is 5.24. The van der Waals surface area contributed by atoms with Gasteiger partial charge in [-0.25, -0.2) is 0 Å². The molecule has 16 heavy (non-hydrogen) atoms. The number of methoxy groups -OCH3 is 1. The molecule has 2 atom stereocenters. The third-order valence-corrected chi connectivity index (χ3v) is 2.53. The Morgan fingerprint density at radius 1 is 1.38 bits per heavy atom. The maximum atomic E-state index is 10.9. The van der Waals surface area contributed by atoms with Crippen LogP contribution in [0.5, 0.6) is 5.75 Å². The molecule has 0 radical (unpaired) electrons. The number of carbonyl (C=O) groups excluding carboxylic acids is 1. The summed E-state index contributed by atoms with van der Waals surface area (Å²) >= 11 is 0. The number of amides is 1. The van der Waals surface area contributed by atoms with Crippen molar-refractivity contribution >= 4 is 5.91 Å². The standard InChI is InChI=1S/C12H18N2O2/c1-8(14-9(2)12(13)15)10-6-4-5-7-11(10)16-3/h4-9,14H,1-3H3,(H2,13,15)/t8-,9?/m1/s1. The molecule has 0 spiro atoms. The number of hydrogen-bond donors (Lipinski definition) is 2. The molecule has 0 fully saturated rings. The highest BCUT2D eigenvalue weighted by Crippen LogP contribution is 2.24. The second-order valence-corrected chi connectivity index (χ2v) is 3.75. The molecule has 3 N–H and O–H groups in total. The number of rotatable bonds is 5. The van der Waals surface area contributed by atoms with E-state index in [1.54, 1.807) is 14.0 Å². The summed E-state index contributed by atoms with van der Waals surface area (Å²) in [4.78, 5) is 10.9. The lowest BCUT2D eigenvalue weighted by Gasteiger charge is -2.20. The summed E-state index contributed by atoms with van der Waals surface area (Å²) in [5.74, 6) is 0.445. The first-order chi connectivity index (χ1) is 7.56. The van der Waals surface area contributed by atoms with Crippen molar-refractivity contribution in [3.8, 4) is 5.75 Å². The molecule has 1 amide bonds. The summed E-state index contributed by atoms with van der Waals surface area (Å²) in [6.45, 7) is 3.71. The lowest BCUT2D eigenvalue weighted by Crippen LogP contribution is -2.40. The number of hydrogen-bond acceptors (Lipinski definition) is 3. The van der Waals surface area contributed by atoms with Gasteiger partial charge < -0.3 is 10.5 Å². The zero-order chi connectivity index (χ0) is 12.1. The molecule has 0 aliphatic carbocycles. The largest absolute Gasteiger partial charge is 0.496 e. The van der Waals surface area contributed by atoms with Gasteiger partial charge in [-0.05, 0) is 19.9 Å². The van der Waals surface area contributed by atoms with Gasteiger partial charge >= 0.3 is 0 Å². The average Bonchev–Trinajstić information content (AvgIpc) is 2.28. The minimum absolute atomic E-state index is 0.0126. The average molecular weight is 222 g/mol. The molecule has 1 aromatic carbocycles. The molecule has 0 saturated carbocycles. The third-order valence-electron chi connectivity index (χ3n) is 2.53. The van der Waals surface area contributed by atoms with Crippen molar-refractivity contribution < 1.29 is 9.53 Å². The predicted molar refractivity (Wildman–Crippen MR) is 63.2 cm³/mol. The normalized spacial score (nSPS) is 14.2. The summed E-state index contributed by atoms with van der Waals surface area (Å²) in [6.07, 6.45) is 0. The van der Waals surface area contributed by atoms with Crippen LogP contribution in [0, 0.1) is 0 Å². The summed E-state index contributed by atoms with van der Waals surface area (Å²) in [7, 11) is 1.63. The molecule has 1 unspecified atom stereocenters. The smallest absolute Gasteiger partial charge is 0.234 e. The van der Waals surface area contributed by atoms with E-state index in [0.717, 1.165) is 11.3 Å². The Hall–Kier alpha value is -1.55. The van der Waals surface area contributed by atoms with Gasteiger partial charge in [-0.1, -0.05) is 18.2 Å². The number of nitrogens with two attached hydrogens (primary N) is 1. The van der Waals surface area contributed by atoms with Crippen LogP contribution in [0.4, 0.5) is 0 Å². The van der Waals surface area contributed by atoms with Crippen molar-refractivity contribution in [1.82, 2.24) is 5.32 Å². The molecule has 88 valence electrons. The van der Waals surface area contributed by atoms with E-state index in [9.17, 15) is 4.79 Å². The highest BCUT2D eigenvalue weighted by atomic mass is 16.5. The molecule has 0 aromatic heterocycles. The Labute approximate surface area is 95.8 Å². The van der Waals surface area contributed by atoms with Crippen molar-refractivity contribution in [3.05, 3.63) is 29.8 Å². The minimum Gasteiger partial charge on any atom is -0.496 e. The monoisotopic (exact) mass is 222 g/mol. The number of primary amides is 1. The van der Waals surface area contributed by atoms with Crippen LogP contribution in [0.1, 0.15) is 25.5 Å². The molecule has 0 bridgehead atoms. The van der Waals surface area contributed by atoms with E-state index in [2.05, 4.69) is 5.32 Å². The van der Waals surface area contributed by atoms with Crippen LogP contribution >= 0.6 is 0 Å². The summed E-state index contributed by atoms with van der Waals surface area (Å²) in [5, 5.41) is 3.12. The molecular formula is C12H18N2O2. The SMILES string of the molecule is COc1ccccc1[C@@H](C)NC(C)C(N)=O. The van der Waals surface area contributed by atoms with E-state index in [-0.39, 0.29) is 18.0 Å². The van der Waals surface area contributed by atoms with Crippen molar-refractivity contribution in [2.75, 3.05) is 7.11 Å². The fourth-order valence-corrected chi connectivity index (χ4v) is 1.57. The second kappa shape index (κ2) is 5.51. The van der Waals surface area contributed by atoms with Crippen molar-refractivity contribution in [3.63, 3.8) is 0 Å². The predicted octanol–water partition coefficient (Wildman–Crippen LogP) is 1.22. The van der Waals surface area contributed by atoms with Crippen LogP contribution in [0.25, 0.3) is 0 Å². The minimum atomic E-state index is -0.361. The van der Waals surface area contributed by atoms with Gasteiger partial charge in [0, 0.05) is 11.6 Å². The highest BCUT2D eigenvalue weighted by Gasteiger charge is 2.15. The van der Waals surface area contributed by atoms with Gasteiger partial charge in [0.15, 0.2) is 0 Å². The molecule has 0 saturated heterocycles. The van der Waals surface area contributed by atoms with Crippen LogP contribution in [-0.4, -0.2) is 19.1 Å². The Kier molecular flexibility index (Phi) is 4.31. The van der Waals surface area contributed by atoms with Gasteiger partial charge in [-0.3, -0.25) is 10.1 Å². The number of ether oxygens (including phenoxy) is 1. The molecule has 0 aliphatic heterocycles. The van der Waals surface area contributed by atoms with Crippen molar-refractivity contribution in [2.45, 2.75) is 25.9 Å². The second-order valence-electron chi connectivity index (χ2n) is 3.75. The highest BCUT2D eigenvalue weighted by molar-refractivity contribution is 5.79. The third kappa shape index (κ3) is 2.97. The van der Waals surface area contributed by atoms with E-state index < -0.39 is 0 Å². The van der Waals surface area contributed by atoms with Gasteiger partial charge in [0.2, 0.25) is 5.91 Å². The zero-order valence-electron chi connectivity index (χ0n) is 9.86. The number of carbonyl (C=O) groups is 1. The number of nitrogens with one attached hydrogen (secondary N) is 1. The van der Waals surface area contributed by atoms with E-state index in [1.165, 1.54) is 0 Å². The lowest BCUT2D eigenvalue weighted by molar-refractivity contribution is -0.119. The fourth-order valence-electron chi connectivity index (χ4n) is 1.57. The molecular weight excluding hydrogens is 204 g/mol. The Bertz CT molecular complexity index is 366. The number of benzene rings is 1. The Balaban J connectivity index is 2.79. The molecule has 0 aliphatic rings. The molecule has 0 heterocycles. The van der Waals surface area contributed by atoms with Crippen molar-refractivity contribution in [1.29, 1.82) is 0 Å². The van der Waals surface area contributed by atoms with Gasteiger partial charge in [0.25, 0.3) is 0 Å². The molecule has 1 rings (SSSR count). The summed E-state index contributed by atoms with van der Waals surface area (Å²) in [6, 6.07) is 7.35. The van der Waals surface area contributed by atoms with Crippen LogP contribution in [0.2, 0.25) is 0 Å². The van der Waals surface area contributed by atoms with Crippen LogP contribution in [0.3, 0.4) is 0 Å². The van der Waals surface area contributed by atoms with Gasteiger partial charge in [-0.2, -0.15) is 0 Å². The van der Waals surface area contributed by atoms with E-state index in [1.807, 2.05) is 31.2 Å². The van der Waals surface area contributed by atoms with E-state index in [0.29, 0.717) is 0 Å². The van der Waals surface area contributed by atoms with Gasteiger partial charge in [-0.15, -0.1) is 0 Å². The molecule has 4 nitrogen and oxygen atoms in total. The maximum absolute atomic E-state index is 10.9. The van der Waals surface area contributed by atoms with E-state index >= 15 is 0 Å². The van der Waals surface area contributed by atoms with Gasteiger partial charge in [0.1, 0.15) is 5.75 Å². The maximum Gasteiger partial charge on any atom is 0.234 e. The van der Waals surface area contributed by atoms with E-state index in [4.69, 9.17) is 10.5 Å². The van der Waals surface area contributed by atoms with Crippen LogP contribution < -0.4 is 15.8 Å². The topological polar surface area (TPSA) is 64.3 Å². The van der Waals surface area contributed by atoms with Gasteiger partial charge in [0.05, 0.1) is 13.2 Å². The van der Waals surface area contributed by atoms with Crippen LogP contribution in [-0.2, 0) is 4.79 Å². The summed E-state index contributed by atoms with van der Waals surface area (Å²) < 4.78 is 5.25. The molecule has 4 heteroatoms. The quantitative estimate of drug-likeness (QED) is 0.787. The zero-order valence-corrected chi connectivity index (χ0v) is 9.86. The summed E-state index contributed by atoms with van der Waals surface area (Å²) in [5.41, 5.74) is 6.21. The lowest BCUT2D eigenvalue weighted by atomic mass is 10.1. The Morgan fingerprint density at radius 2 is 2.00 bits per heavy atom. The first kappa shape index (κ1) is 12.5. The fraction of sp³-hybridized carbons (Fsp3) is 0.417. The van der Waals surface area contributed by atoms with Crippen LogP contribution in [0.15, 0.2) is 24.3 Å². The molecule has 1 aromatic rings.